The number of hydrogen-bond donors (Lipinski definition) is 1. The van der Waals surface area contributed by atoms with Gasteiger partial charge in [0.2, 0.25) is 0 Å². The van der Waals surface area contributed by atoms with E-state index in [1.54, 1.807) is 0 Å². The predicted molar refractivity (Wildman–Crippen MR) is 56.5 cm³/mol. The molecule has 0 bridgehead atoms. The molecule has 0 radical (unpaired) electrons. The van der Waals surface area contributed by atoms with Crippen molar-refractivity contribution in [3.05, 3.63) is 36.5 Å². The van der Waals surface area contributed by atoms with Gasteiger partial charge in [-0.1, -0.05) is 36.5 Å². The number of rotatable bonds is 0. The largest absolute Gasteiger partial charge is 0.389 e. The van der Waals surface area contributed by atoms with Crippen molar-refractivity contribution in [2.75, 3.05) is 0 Å². The van der Waals surface area contributed by atoms with Gasteiger partial charge in [0, 0.05) is 0 Å². The van der Waals surface area contributed by atoms with Crippen molar-refractivity contribution in [3.63, 3.8) is 0 Å². The van der Waals surface area contributed by atoms with Crippen molar-refractivity contribution in [3.8, 4) is 0 Å². The molecular weight excluding hydrogens is 160 g/mol. The van der Waals surface area contributed by atoms with Gasteiger partial charge in [-0.25, -0.2) is 0 Å². The van der Waals surface area contributed by atoms with Crippen LogP contribution in [0.3, 0.4) is 0 Å². The highest BCUT2D eigenvalue weighted by Crippen LogP contribution is 2.04. The molecule has 0 spiro atoms. The summed E-state index contributed by atoms with van der Waals surface area (Å²) >= 11 is 0. The quantitative estimate of drug-likeness (QED) is 0.565. The van der Waals surface area contributed by atoms with E-state index >= 15 is 0 Å². The summed E-state index contributed by atoms with van der Waals surface area (Å²) in [4.78, 5) is 0. The van der Waals surface area contributed by atoms with Crippen LogP contribution in [0.2, 0.25) is 0 Å². The number of hydrogen-bond acceptors (Lipinski definition) is 1. The average molecular weight is 178 g/mol. The highest BCUT2D eigenvalue weighted by atomic mass is 16.3. The fourth-order valence-corrected chi connectivity index (χ4v) is 1.32. The van der Waals surface area contributed by atoms with Crippen LogP contribution in [-0.4, -0.2) is 11.2 Å². The Morgan fingerprint density at radius 2 is 1.54 bits per heavy atom. The van der Waals surface area contributed by atoms with Crippen molar-refractivity contribution >= 4 is 0 Å². The van der Waals surface area contributed by atoms with Crippen molar-refractivity contribution in [1.82, 2.24) is 0 Å². The van der Waals surface area contributed by atoms with Crippen LogP contribution in [0.1, 0.15) is 32.1 Å². The first-order valence-corrected chi connectivity index (χ1v) is 5.04. The summed E-state index contributed by atoms with van der Waals surface area (Å²) in [6, 6.07) is 0. The third-order valence-corrected chi connectivity index (χ3v) is 2.09. The first kappa shape index (κ1) is 10.3. The van der Waals surface area contributed by atoms with Crippen LogP contribution >= 0.6 is 0 Å². The molecule has 72 valence electrons. The summed E-state index contributed by atoms with van der Waals surface area (Å²) in [5.41, 5.74) is 0. The maximum atomic E-state index is 9.45. The lowest BCUT2D eigenvalue weighted by atomic mass is 10.1. The van der Waals surface area contributed by atoms with Gasteiger partial charge in [-0.2, -0.15) is 0 Å². The molecule has 0 amide bonds. The molecule has 1 rings (SSSR count). The van der Waals surface area contributed by atoms with E-state index in [0.717, 1.165) is 32.1 Å². The second-order valence-corrected chi connectivity index (χ2v) is 3.33. The fourth-order valence-electron chi connectivity index (χ4n) is 1.32. The zero-order valence-electron chi connectivity index (χ0n) is 8.02. The van der Waals surface area contributed by atoms with Crippen molar-refractivity contribution in [2.24, 2.45) is 0 Å². The van der Waals surface area contributed by atoms with Gasteiger partial charge in [-0.15, -0.1) is 0 Å². The first-order valence-electron chi connectivity index (χ1n) is 5.04. The summed E-state index contributed by atoms with van der Waals surface area (Å²) in [6.07, 6.45) is 17.4. The maximum Gasteiger partial charge on any atom is 0.0724 e. The van der Waals surface area contributed by atoms with Gasteiger partial charge >= 0.3 is 0 Å². The molecule has 0 saturated carbocycles. The van der Waals surface area contributed by atoms with Crippen LogP contribution in [0.5, 0.6) is 0 Å². The highest BCUT2D eigenvalue weighted by molar-refractivity contribution is 4.98. The maximum absolute atomic E-state index is 9.45. The molecule has 0 aromatic rings. The van der Waals surface area contributed by atoms with Crippen molar-refractivity contribution in [1.29, 1.82) is 0 Å². The molecule has 0 aliphatic heterocycles. The minimum absolute atomic E-state index is 0.266. The predicted octanol–water partition coefficient (Wildman–Crippen LogP) is 2.98. The molecule has 0 aromatic heterocycles. The van der Waals surface area contributed by atoms with Crippen LogP contribution in [0, 0.1) is 0 Å². The lowest BCUT2D eigenvalue weighted by Gasteiger charge is -2.02. The molecule has 1 aliphatic carbocycles. The molecular formula is C12H18O. The van der Waals surface area contributed by atoms with Gasteiger partial charge < -0.3 is 5.11 Å². The molecule has 0 saturated heterocycles. The van der Waals surface area contributed by atoms with Gasteiger partial charge in [0.05, 0.1) is 6.10 Å². The van der Waals surface area contributed by atoms with Crippen LogP contribution < -0.4 is 0 Å². The van der Waals surface area contributed by atoms with E-state index < -0.39 is 0 Å². The second-order valence-electron chi connectivity index (χ2n) is 3.33. The summed E-state index contributed by atoms with van der Waals surface area (Å²) in [5, 5.41) is 9.45. The van der Waals surface area contributed by atoms with E-state index in [9.17, 15) is 5.11 Å². The molecule has 1 unspecified atom stereocenters. The number of aliphatic hydroxyl groups is 1. The third kappa shape index (κ3) is 5.42. The Morgan fingerprint density at radius 1 is 0.846 bits per heavy atom. The summed E-state index contributed by atoms with van der Waals surface area (Å²) in [7, 11) is 0. The van der Waals surface area contributed by atoms with Gasteiger partial charge in [-0.3, -0.25) is 0 Å². The van der Waals surface area contributed by atoms with Crippen LogP contribution in [0.25, 0.3) is 0 Å². The van der Waals surface area contributed by atoms with Crippen molar-refractivity contribution in [2.45, 2.75) is 38.2 Å². The molecule has 1 N–H and O–H groups in total. The zero-order chi connectivity index (χ0) is 9.36. The molecule has 1 aliphatic rings. The lowest BCUT2D eigenvalue weighted by molar-refractivity contribution is 0.213. The van der Waals surface area contributed by atoms with Crippen molar-refractivity contribution < 1.29 is 5.11 Å². The van der Waals surface area contributed by atoms with Gasteiger partial charge in [0.25, 0.3) is 0 Å². The van der Waals surface area contributed by atoms with E-state index in [2.05, 4.69) is 24.3 Å². The number of allylic oxidation sites excluding steroid dienone is 5. The molecule has 1 heteroatoms. The van der Waals surface area contributed by atoms with Gasteiger partial charge in [-0.05, 0) is 32.1 Å². The average Bonchev–Trinajstić information content (AvgIpc) is 2.11. The van der Waals surface area contributed by atoms with E-state index in [4.69, 9.17) is 0 Å². The first-order chi connectivity index (χ1) is 6.39. The Kier molecular flexibility index (Phi) is 5.27. The van der Waals surface area contributed by atoms with Crippen LogP contribution in [0.15, 0.2) is 36.5 Å². The highest BCUT2D eigenvalue weighted by Gasteiger charge is 1.95. The second kappa shape index (κ2) is 6.67. The Morgan fingerprint density at radius 3 is 2.38 bits per heavy atom. The third-order valence-electron chi connectivity index (χ3n) is 2.09. The molecule has 0 heterocycles. The van der Waals surface area contributed by atoms with Crippen LogP contribution in [0.4, 0.5) is 0 Å². The Balaban J connectivity index is 2.41. The molecule has 1 nitrogen and oxygen atoms in total. The molecule has 1 atom stereocenters. The van der Waals surface area contributed by atoms with Gasteiger partial charge in [0.15, 0.2) is 0 Å². The fraction of sp³-hybridized carbons (Fsp3) is 0.500. The summed E-state index contributed by atoms with van der Waals surface area (Å²) in [5.74, 6) is 0. The number of aliphatic hydroxyl groups excluding tert-OH is 1. The van der Waals surface area contributed by atoms with E-state index in [-0.39, 0.29) is 6.10 Å². The summed E-state index contributed by atoms with van der Waals surface area (Å²) in [6.45, 7) is 0. The minimum atomic E-state index is -0.266. The zero-order valence-corrected chi connectivity index (χ0v) is 8.02. The Labute approximate surface area is 80.5 Å². The molecule has 13 heavy (non-hydrogen) atoms. The monoisotopic (exact) mass is 178 g/mol. The van der Waals surface area contributed by atoms with E-state index in [1.165, 1.54) is 0 Å². The van der Waals surface area contributed by atoms with E-state index in [0.29, 0.717) is 0 Å². The molecule has 0 aromatic carbocycles. The summed E-state index contributed by atoms with van der Waals surface area (Å²) < 4.78 is 0. The van der Waals surface area contributed by atoms with E-state index in [1.807, 2.05) is 12.2 Å². The molecule has 0 fully saturated rings. The smallest absolute Gasteiger partial charge is 0.0724 e. The Hall–Kier alpha value is -0.820. The minimum Gasteiger partial charge on any atom is -0.389 e. The SMILES string of the molecule is OC1/C=C\C/C=C/CC/C=C/CC1. The van der Waals surface area contributed by atoms with Crippen LogP contribution in [-0.2, 0) is 0 Å². The normalized spacial score (nSPS) is 32.5. The Bertz CT molecular complexity index is 201. The topological polar surface area (TPSA) is 20.2 Å². The van der Waals surface area contributed by atoms with Gasteiger partial charge in [0.1, 0.15) is 0 Å². The lowest BCUT2D eigenvalue weighted by Crippen LogP contribution is -2.00. The standard InChI is InChI=1S/C12H18O/c13-12-10-8-6-4-2-1-3-5-7-9-11-12/h2,4-5,7-8,10,12-13H,1,3,6,9,11H2/b4-2+,7-5+,10-8-.